The molecule has 0 bridgehead atoms. The number of nitrogens with one attached hydrogen (secondary N) is 1. The second kappa shape index (κ2) is 6.75. The van der Waals surface area contributed by atoms with Crippen molar-refractivity contribution in [2.24, 2.45) is 0 Å². The number of anilines is 1. The molecular formula is C18H19NO2. The molecule has 2 rings (SSSR count). The predicted octanol–water partition coefficient (Wildman–Crippen LogP) is 3.91. The molecule has 21 heavy (non-hydrogen) atoms. The summed E-state index contributed by atoms with van der Waals surface area (Å²) in [5.74, 6) is -0.197. The molecule has 3 heteroatoms. The van der Waals surface area contributed by atoms with E-state index in [4.69, 9.17) is 0 Å². The number of carbonyl (C=O) groups is 1. The first kappa shape index (κ1) is 14.9. The lowest BCUT2D eigenvalue weighted by atomic mass is 10.1. The summed E-state index contributed by atoms with van der Waals surface area (Å²) in [6.07, 6.45) is 4.21. The highest BCUT2D eigenvalue weighted by Crippen LogP contribution is 2.23. The Morgan fingerprint density at radius 1 is 1.19 bits per heavy atom. The zero-order valence-corrected chi connectivity index (χ0v) is 12.3. The van der Waals surface area contributed by atoms with Crippen LogP contribution < -0.4 is 5.32 Å². The largest absolute Gasteiger partial charge is 0.506 e. The first-order valence-corrected chi connectivity index (χ1v) is 6.96. The standard InChI is InChI=1S/C18H19NO2/c1-3-14-5-7-15(8-6-14)9-11-18(21)19-16-10-4-13(2)12-17(16)20/h4-12,20H,3H2,1-2H3,(H,19,21)/b11-9+. The molecule has 2 N–H and O–H groups in total. The Morgan fingerprint density at radius 2 is 1.90 bits per heavy atom. The van der Waals surface area contributed by atoms with Gasteiger partial charge in [-0.1, -0.05) is 37.3 Å². The molecule has 0 saturated carbocycles. The van der Waals surface area contributed by atoms with Crippen molar-refractivity contribution < 1.29 is 9.90 Å². The molecule has 0 fully saturated rings. The van der Waals surface area contributed by atoms with Crippen molar-refractivity contribution in [2.45, 2.75) is 20.3 Å². The van der Waals surface area contributed by atoms with Crippen LogP contribution in [0.1, 0.15) is 23.6 Å². The lowest BCUT2D eigenvalue weighted by Gasteiger charge is -2.05. The molecule has 2 aromatic rings. The fourth-order valence-corrected chi connectivity index (χ4v) is 1.96. The van der Waals surface area contributed by atoms with Crippen LogP contribution in [0.4, 0.5) is 5.69 Å². The van der Waals surface area contributed by atoms with Gasteiger partial charge in [-0.2, -0.15) is 0 Å². The van der Waals surface area contributed by atoms with E-state index in [1.165, 1.54) is 11.6 Å². The van der Waals surface area contributed by atoms with E-state index in [9.17, 15) is 9.90 Å². The number of benzene rings is 2. The molecule has 2 aromatic carbocycles. The maximum atomic E-state index is 11.8. The van der Waals surface area contributed by atoms with E-state index in [-0.39, 0.29) is 11.7 Å². The van der Waals surface area contributed by atoms with Gasteiger partial charge in [-0.15, -0.1) is 0 Å². The molecule has 0 aromatic heterocycles. The van der Waals surface area contributed by atoms with Crippen molar-refractivity contribution in [3.8, 4) is 5.75 Å². The third-order valence-electron chi connectivity index (χ3n) is 3.23. The summed E-state index contributed by atoms with van der Waals surface area (Å²) in [5, 5.41) is 12.4. The van der Waals surface area contributed by atoms with E-state index in [0.717, 1.165) is 17.5 Å². The molecule has 0 aliphatic heterocycles. The van der Waals surface area contributed by atoms with Gasteiger partial charge in [-0.05, 0) is 48.2 Å². The third kappa shape index (κ3) is 4.21. The van der Waals surface area contributed by atoms with E-state index < -0.39 is 0 Å². The number of aromatic hydroxyl groups is 1. The maximum absolute atomic E-state index is 11.8. The Hall–Kier alpha value is -2.55. The van der Waals surface area contributed by atoms with Crippen molar-refractivity contribution in [1.82, 2.24) is 0 Å². The Kier molecular flexibility index (Phi) is 4.77. The minimum Gasteiger partial charge on any atom is -0.506 e. The zero-order chi connectivity index (χ0) is 15.2. The van der Waals surface area contributed by atoms with Gasteiger partial charge in [-0.3, -0.25) is 4.79 Å². The summed E-state index contributed by atoms with van der Waals surface area (Å²) in [5.41, 5.74) is 3.59. The van der Waals surface area contributed by atoms with Crippen LogP contribution >= 0.6 is 0 Å². The van der Waals surface area contributed by atoms with Crippen LogP contribution in [0, 0.1) is 6.92 Å². The van der Waals surface area contributed by atoms with Crippen LogP contribution in [0.3, 0.4) is 0 Å². The average molecular weight is 281 g/mol. The Balaban J connectivity index is 2.01. The summed E-state index contributed by atoms with van der Waals surface area (Å²) in [6.45, 7) is 3.98. The van der Waals surface area contributed by atoms with E-state index in [1.807, 2.05) is 37.3 Å². The fraction of sp³-hybridized carbons (Fsp3) is 0.167. The first-order chi connectivity index (χ1) is 10.1. The summed E-state index contributed by atoms with van der Waals surface area (Å²) in [7, 11) is 0. The molecule has 0 aliphatic rings. The molecular weight excluding hydrogens is 262 g/mol. The van der Waals surface area contributed by atoms with Gasteiger partial charge in [0.2, 0.25) is 5.91 Å². The van der Waals surface area contributed by atoms with Gasteiger partial charge < -0.3 is 10.4 Å². The summed E-state index contributed by atoms with van der Waals surface area (Å²) in [4.78, 5) is 11.8. The Labute approximate surface area is 124 Å². The minimum atomic E-state index is -0.270. The van der Waals surface area contributed by atoms with Crippen molar-refractivity contribution in [2.75, 3.05) is 5.32 Å². The molecule has 0 aliphatic carbocycles. The van der Waals surface area contributed by atoms with Crippen LogP contribution in [-0.2, 0) is 11.2 Å². The molecule has 1 amide bonds. The number of carbonyl (C=O) groups excluding carboxylic acids is 1. The number of hydrogen-bond acceptors (Lipinski definition) is 2. The van der Waals surface area contributed by atoms with Crippen LogP contribution in [0.25, 0.3) is 6.08 Å². The highest BCUT2D eigenvalue weighted by molar-refractivity contribution is 6.02. The first-order valence-electron chi connectivity index (χ1n) is 6.96. The van der Waals surface area contributed by atoms with Gasteiger partial charge in [0.15, 0.2) is 0 Å². The fourth-order valence-electron chi connectivity index (χ4n) is 1.96. The summed E-state index contributed by atoms with van der Waals surface area (Å²) >= 11 is 0. The Bertz CT molecular complexity index is 657. The molecule has 108 valence electrons. The molecule has 0 atom stereocenters. The minimum absolute atomic E-state index is 0.0732. The number of rotatable bonds is 4. The summed E-state index contributed by atoms with van der Waals surface area (Å²) < 4.78 is 0. The molecule has 0 saturated heterocycles. The van der Waals surface area contributed by atoms with Crippen LogP contribution in [0.15, 0.2) is 48.5 Å². The molecule has 0 unspecified atom stereocenters. The van der Waals surface area contributed by atoms with Gasteiger partial charge in [-0.25, -0.2) is 0 Å². The topological polar surface area (TPSA) is 49.3 Å². The number of amides is 1. The van der Waals surface area contributed by atoms with Gasteiger partial charge >= 0.3 is 0 Å². The number of aryl methyl sites for hydroxylation is 2. The van der Waals surface area contributed by atoms with Crippen molar-refractivity contribution in [3.05, 3.63) is 65.2 Å². The quantitative estimate of drug-likeness (QED) is 0.659. The average Bonchev–Trinajstić information content (AvgIpc) is 2.48. The smallest absolute Gasteiger partial charge is 0.248 e. The number of hydrogen-bond donors (Lipinski definition) is 2. The van der Waals surface area contributed by atoms with E-state index >= 15 is 0 Å². The lowest BCUT2D eigenvalue weighted by molar-refractivity contribution is -0.111. The van der Waals surface area contributed by atoms with Gasteiger partial charge in [0.05, 0.1) is 5.69 Å². The van der Waals surface area contributed by atoms with Crippen molar-refractivity contribution in [3.63, 3.8) is 0 Å². The highest BCUT2D eigenvalue weighted by Gasteiger charge is 2.03. The molecule has 0 spiro atoms. The highest BCUT2D eigenvalue weighted by atomic mass is 16.3. The maximum Gasteiger partial charge on any atom is 0.248 e. The van der Waals surface area contributed by atoms with Crippen LogP contribution in [-0.4, -0.2) is 11.0 Å². The Morgan fingerprint density at radius 3 is 2.52 bits per heavy atom. The predicted molar refractivity (Wildman–Crippen MR) is 86.3 cm³/mol. The second-order valence-electron chi connectivity index (χ2n) is 4.94. The normalized spacial score (nSPS) is 10.8. The van der Waals surface area contributed by atoms with Gasteiger partial charge in [0.25, 0.3) is 0 Å². The van der Waals surface area contributed by atoms with E-state index in [1.54, 1.807) is 18.2 Å². The SMILES string of the molecule is CCc1ccc(/C=C/C(=O)Nc2ccc(C)cc2O)cc1. The number of phenolic OH excluding ortho intramolecular Hbond substituents is 1. The van der Waals surface area contributed by atoms with Gasteiger partial charge in [0, 0.05) is 6.08 Å². The van der Waals surface area contributed by atoms with E-state index in [2.05, 4.69) is 12.2 Å². The monoisotopic (exact) mass is 281 g/mol. The zero-order valence-electron chi connectivity index (χ0n) is 12.3. The summed E-state index contributed by atoms with van der Waals surface area (Å²) in [6, 6.07) is 13.2. The molecule has 3 nitrogen and oxygen atoms in total. The van der Waals surface area contributed by atoms with Crippen LogP contribution in [0.5, 0.6) is 5.75 Å². The lowest BCUT2D eigenvalue weighted by Crippen LogP contribution is -2.07. The molecule has 0 heterocycles. The van der Waals surface area contributed by atoms with Crippen LogP contribution in [0.2, 0.25) is 0 Å². The second-order valence-corrected chi connectivity index (χ2v) is 4.94. The van der Waals surface area contributed by atoms with Gasteiger partial charge in [0.1, 0.15) is 5.75 Å². The molecule has 0 radical (unpaired) electrons. The third-order valence-corrected chi connectivity index (χ3v) is 3.23. The van der Waals surface area contributed by atoms with Crippen molar-refractivity contribution >= 4 is 17.7 Å². The van der Waals surface area contributed by atoms with E-state index in [0.29, 0.717) is 5.69 Å². The van der Waals surface area contributed by atoms with Crippen molar-refractivity contribution in [1.29, 1.82) is 0 Å². The number of phenols is 1.